The predicted octanol–water partition coefficient (Wildman–Crippen LogP) is 4.52. The molecule has 0 saturated carbocycles. The Bertz CT molecular complexity index is 689. The van der Waals surface area contributed by atoms with Crippen molar-refractivity contribution in [2.45, 2.75) is 25.8 Å². The van der Waals surface area contributed by atoms with E-state index in [1.807, 2.05) is 34.5 Å². The maximum Gasteiger partial charge on any atom is 0.273 e. The van der Waals surface area contributed by atoms with E-state index in [0.717, 1.165) is 43.0 Å². The van der Waals surface area contributed by atoms with Crippen LogP contribution in [-0.2, 0) is 0 Å². The Balaban J connectivity index is 0.00000156. The Hall–Kier alpha value is -0.850. The van der Waals surface area contributed by atoms with Crippen molar-refractivity contribution in [2.75, 3.05) is 19.6 Å². The van der Waals surface area contributed by atoms with Gasteiger partial charge in [-0.2, -0.15) is 0 Å². The SMILES string of the molecule is CCCN(C(=O)c1csc(-c2cccc(Cl)c2)n1)C1CCNC1.Cl.Cl. The molecule has 0 spiro atoms. The molecule has 138 valence electrons. The number of benzene rings is 1. The molecule has 25 heavy (non-hydrogen) atoms. The number of rotatable bonds is 5. The van der Waals surface area contributed by atoms with Crippen LogP contribution >= 0.6 is 47.8 Å². The lowest BCUT2D eigenvalue weighted by atomic mass is 10.2. The van der Waals surface area contributed by atoms with Crippen molar-refractivity contribution in [1.29, 1.82) is 0 Å². The Labute approximate surface area is 169 Å². The second-order valence-corrected chi connectivity index (χ2v) is 6.99. The first kappa shape index (κ1) is 22.2. The highest BCUT2D eigenvalue weighted by Crippen LogP contribution is 2.27. The first-order valence-electron chi connectivity index (χ1n) is 7.92. The number of nitrogens with one attached hydrogen (secondary N) is 1. The van der Waals surface area contributed by atoms with Crippen LogP contribution in [0.4, 0.5) is 0 Å². The molecule has 0 radical (unpaired) electrons. The molecule has 1 unspecified atom stereocenters. The summed E-state index contributed by atoms with van der Waals surface area (Å²) >= 11 is 7.52. The van der Waals surface area contributed by atoms with E-state index in [9.17, 15) is 4.79 Å². The zero-order valence-corrected chi connectivity index (χ0v) is 17.1. The van der Waals surface area contributed by atoms with Gasteiger partial charge in [0.2, 0.25) is 0 Å². The van der Waals surface area contributed by atoms with E-state index in [1.54, 1.807) is 0 Å². The van der Waals surface area contributed by atoms with Gasteiger partial charge >= 0.3 is 0 Å². The molecular weight excluding hydrogens is 401 g/mol. The summed E-state index contributed by atoms with van der Waals surface area (Å²) in [4.78, 5) is 19.4. The summed E-state index contributed by atoms with van der Waals surface area (Å²) < 4.78 is 0. The number of hydrogen-bond acceptors (Lipinski definition) is 4. The molecule has 1 atom stereocenters. The molecule has 0 bridgehead atoms. The van der Waals surface area contributed by atoms with Crippen molar-refractivity contribution in [3.05, 3.63) is 40.4 Å². The van der Waals surface area contributed by atoms with Gasteiger partial charge < -0.3 is 10.2 Å². The third-order valence-corrected chi connectivity index (χ3v) is 5.12. The Morgan fingerprint density at radius 2 is 2.24 bits per heavy atom. The standard InChI is InChI=1S/C17H20ClN3OS.2ClH/c1-2-8-21(14-6-7-19-10-14)17(22)15-11-23-16(20-15)12-4-3-5-13(18)9-12;;/h3-5,9,11,14,19H,2,6-8,10H2,1H3;2*1H. The summed E-state index contributed by atoms with van der Waals surface area (Å²) in [6.07, 6.45) is 1.96. The summed E-state index contributed by atoms with van der Waals surface area (Å²) in [6, 6.07) is 7.84. The van der Waals surface area contributed by atoms with E-state index >= 15 is 0 Å². The van der Waals surface area contributed by atoms with Crippen LogP contribution in [0.3, 0.4) is 0 Å². The van der Waals surface area contributed by atoms with Gasteiger partial charge in [-0.25, -0.2) is 4.98 Å². The first-order valence-corrected chi connectivity index (χ1v) is 9.18. The molecule has 2 heterocycles. The molecule has 4 nitrogen and oxygen atoms in total. The van der Waals surface area contributed by atoms with Gasteiger partial charge in [-0.3, -0.25) is 4.79 Å². The highest BCUT2D eigenvalue weighted by Gasteiger charge is 2.28. The van der Waals surface area contributed by atoms with Crippen LogP contribution in [-0.4, -0.2) is 41.5 Å². The number of carbonyl (C=O) groups excluding carboxylic acids is 1. The van der Waals surface area contributed by atoms with E-state index in [-0.39, 0.29) is 36.8 Å². The third-order valence-electron chi connectivity index (χ3n) is 4.00. The highest BCUT2D eigenvalue weighted by atomic mass is 35.5. The van der Waals surface area contributed by atoms with E-state index in [1.165, 1.54) is 11.3 Å². The maximum atomic E-state index is 12.8. The van der Waals surface area contributed by atoms with E-state index in [4.69, 9.17) is 11.6 Å². The lowest BCUT2D eigenvalue weighted by Crippen LogP contribution is -2.42. The predicted molar refractivity (Wildman–Crippen MR) is 110 cm³/mol. The Morgan fingerprint density at radius 3 is 2.88 bits per heavy atom. The largest absolute Gasteiger partial charge is 0.333 e. The molecule has 0 aliphatic carbocycles. The number of hydrogen-bond donors (Lipinski definition) is 1. The molecule has 1 aliphatic rings. The summed E-state index contributed by atoms with van der Waals surface area (Å²) in [6.45, 7) is 4.72. The smallest absolute Gasteiger partial charge is 0.273 e. The van der Waals surface area contributed by atoms with Crippen molar-refractivity contribution >= 4 is 53.7 Å². The Morgan fingerprint density at radius 1 is 1.44 bits per heavy atom. The van der Waals surface area contributed by atoms with E-state index in [0.29, 0.717) is 10.7 Å². The topological polar surface area (TPSA) is 45.2 Å². The zero-order chi connectivity index (χ0) is 16.2. The molecule has 1 N–H and O–H groups in total. The van der Waals surface area contributed by atoms with Crippen LogP contribution in [0.5, 0.6) is 0 Å². The normalized spacial score (nSPS) is 16.0. The summed E-state index contributed by atoms with van der Waals surface area (Å²) in [5.41, 5.74) is 1.48. The summed E-state index contributed by atoms with van der Waals surface area (Å²) in [5, 5.41) is 6.69. The summed E-state index contributed by atoms with van der Waals surface area (Å²) in [7, 11) is 0. The lowest BCUT2D eigenvalue weighted by molar-refractivity contribution is 0.0687. The number of carbonyl (C=O) groups is 1. The molecule has 1 amide bonds. The van der Waals surface area contributed by atoms with Crippen molar-refractivity contribution in [1.82, 2.24) is 15.2 Å². The Kier molecular flexibility index (Phi) is 9.17. The van der Waals surface area contributed by atoms with E-state index in [2.05, 4.69) is 17.2 Å². The van der Waals surface area contributed by atoms with Crippen LogP contribution in [0.15, 0.2) is 29.6 Å². The first-order chi connectivity index (χ1) is 11.2. The average Bonchev–Trinajstić information content (AvgIpc) is 3.23. The monoisotopic (exact) mass is 421 g/mol. The number of amides is 1. The molecule has 1 aromatic heterocycles. The molecule has 2 aromatic rings. The molecular formula is C17H22Cl3N3OS. The zero-order valence-electron chi connectivity index (χ0n) is 13.9. The van der Waals surface area contributed by atoms with Gasteiger partial charge in [-0.15, -0.1) is 36.2 Å². The summed E-state index contributed by atoms with van der Waals surface area (Å²) in [5.74, 6) is 0.0325. The number of thiazole rings is 1. The van der Waals surface area contributed by atoms with Crippen molar-refractivity contribution in [3.63, 3.8) is 0 Å². The minimum atomic E-state index is 0. The fraction of sp³-hybridized carbons (Fsp3) is 0.412. The second kappa shape index (κ2) is 10.3. The molecule has 3 rings (SSSR count). The third kappa shape index (κ3) is 5.31. The van der Waals surface area contributed by atoms with Gasteiger partial charge in [0.1, 0.15) is 10.7 Å². The molecule has 1 saturated heterocycles. The fourth-order valence-corrected chi connectivity index (χ4v) is 3.85. The van der Waals surface area contributed by atoms with E-state index < -0.39 is 0 Å². The fourth-order valence-electron chi connectivity index (χ4n) is 2.87. The minimum Gasteiger partial charge on any atom is -0.333 e. The minimum absolute atomic E-state index is 0. The van der Waals surface area contributed by atoms with Gasteiger partial charge in [-0.05, 0) is 31.5 Å². The average molecular weight is 423 g/mol. The number of aromatic nitrogens is 1. The van der Waals surface area contributed by atoms with Crippen LogP contribution < -0.4 is 5.32 Å². The number of halogens is 3. The van der Waals surface area contributed by atoms with Gasteiger partial charge in [0.15, 0.2) is 0 Å². The van der Waals surface area contributed by atoms with Crippen LogP contribution in [0.1, 0.15) is 30.3 Å². The maximum absolute atomic E-state index is 12.8. The quantitative estimate of drug-likeness (QED) is 0.770. The molecule has 1 fully saturated rings. The highest BCUT2D eigenvalue weighted by molar-refractivity contribution is 7.13. The lowest BCUT2D eigenvalue weighted by Gasteiger charge is -2.27. The van der Waals surface area contributed by atoms with Gasteiger partial charge in [-0.1, -0.05) is 30.7 Å². The molecule has 8 heteroatoms. The van der Waals surface area contributed by atoms with Crippen LogP contribution in [0.2, 0.25) is 5.02 Å². The van der Waals surface area contributed by atoms with Gasteiger partial charge in [0.05, 0.1) is 0 Å². The van der Waals surface area contributed by atoms with Crippen molar-refractivity contribution in [3.8, 4) is 10.6 Å². The van der Waals surface area contributed by atoms with Crippen molar-refractivity contribution < 1.29 is 4.79 Å². The van der Waals surface area contributed by atoms with Gasteiger partial charge in [0.25, 0.3) is 5.91 Å². The number of nitrogens with zero attached hydrogens (tertiary/aromatic N) is 2. The van der Waals surface area contributed by atoms with Crippen molar-refractivity contribution in [2.24, 2.45) is 0 Å². The van der Waals surface area contributed by atoms with Crippen LogP contribution in [0.25, 0.3) is 10.6 Å². The second-order valence-electron chi connectivity index (χ2n) is 5.69. The van der Waals surface area contributed by atoms with Crippen LogP contribution in [0, 0.1) is 0 Å². The van der Waals surface area contributed by atoms with Gasteiger partial charge in [0, 0.05) is 35.1 Å². The molecule has 1 aromatic carbocycles. The molecule has 1 aliphatic heterocycles.